The van der Waals surface area contributed by atoms with Gasteiger partial charge in [0, 0.05) is 43.2 Å². The quantitative estimate of drug-likeness (QED) is 0.715. The minimum absolute atomic E-state index is 0.0220. The molecule has 28 heavy (non-hydrogen) atoms. The van der Waals surface area contributed by atoms with Crippen molar-refractivity contribution in [1.82, 2.24) is 20.1 Å². The molecular weight excluding hydrogens is 370 g/mol. The van der Waals surface area contributed by atoms with E-state index in [0.29, 0.717) is 11.7 Å². The number of carbonyl (C=O) groups is 1. The molecule has 1 aromatic carbocycles. The molecule has 3 heterocycles. The average molecular weight is 394 g/mol. The van der Waals surface area contributed by atoms with Crippen molar-refractivity contribution in [3.8, 4) is 11.3 Å². The van der Waals surface area contributed by atoms with Crippen LogP contribution in [-0.4, -0.2) is 33.8 Å². The fourth-order valence-corrected chi connectivity index (χ4v) is 5.05. The van der Waals surface area contributed by atoms with Gasteiger partial charge in [-0.15, -0.1) is 11.3 Å². The highest BCUT2D eigenvalue weighted by molar-refractivity contribution is 7.14. The van der Waals surface area contributed by atoms with Crippen LogP contribution in [0.2, 0.25) is 0 Å². The predicted molar refractivity (Wildman–Crippen MR) is 111 cm³/mol. The summed E-state index contributed by atoms with van der Waals surface area (Å²) in [6, 6.07) is 6.62. The van der Waals surface area contributed by atoms with E-state index in [-0.39, 0.29) is 17.7 Å². The van der Waals surface area contributed by atoms with Crippen LogP contribution in [0, 0.1) is 5.92 Å². The fraction of sp³-hybridized carbons (Fsp3) is 0.381. The number of benzene rings is 1. The Morgan fingerprint density at radius 2 is 2.18 bits per heavy atom. The lowest BCUT2D eigenvalue weighted by atomic mass is 9.90. The molecule has 0 saturated carbocycles. The SMILES string of the molecule is Cn1cc([C@H]2CNC[C@@H]2C(=O)Nc2nc(-c3ccc4c(c3)CCC4)cs2)cn1. The highest BCUT2D eigenvalue weighted by Gasteiger charge is 2.35. The van der Waals surface area contributed by atoms with Crippen LogP contribution in [0.4, 0.5) is 5.13 Å². The van der Waals surface area contributed by atoms with E-state index in [4.69, 9.17) is 0 Å². The lowest BCUT2D eigenvalue weighted by Crippen LogP contribution is -2.28. The number of rotatable bonds is 4. The molecule has 3 aromatic rings. The van der Waals surface area contributed by atoms with Crippen LogP contribution in [0.1, 0.15) is 29.0 Å². The molecule has 2 aromatic heterocycles. The number of nitrogens with one attached hydrogen (secondary N) is 2. The van der Waals surface area contributed by atoms with Crippen molar-refractivity contribution in [3.05, 3.63) is 52.7 Å². The van der Waals surface area contributed by atoms with Gasteiger partial charge in [-0.2, -0.15) is 5.10 Å². The molecule has 0 bridgehead atoms. The first-order valence-corrected chi connectivity index (χ1v) is 10.6. The van der Waals surface area contributed by atoms with E-state index in [1.165, 1.54) is 35.3 Å². The summed E-state index contributed by atoms with van der Waals surface area (Å²) in [6.07, 6.45) is 7.42. The molecule has 1 aliphatic heterocycles. The Kier molecular flexibility index (Phi) is 4.49. The van der Waals surface area contributed by atoms with Crippen LogP contribution >= 0.6 is 11.3 Å². The second-order valence-corrected chi connectivity index (χ2v) is 8.54. The van der Waals surface area contributed by atoms with Crippen LogP contribution in [0.25, 0.3) is 11.3 Å². The third-order valence-corrected chi connectivity index (χ3v) is 6.59. The van der Waals surface area contributed by atoms with Crippen LogP contribution in [0.5, 0.6) is 0 Å². The van der Waals surface area contributed by atoms with Gasteiger partial charge in [-0.05, 0) is 42.0 Å². The largest absolute Gasteiger partial charge is 0.315 e. The first-order valence-electron chi connectivity index (χ1n) is 9.75. The lowest BCUT2D eigenvalue weighted by Gasteiger charge is -2.15. The zero-order valence-corrected chi connectivity index (χ0v) is 16.6. The Hall–Kier alpha value is -2.51. The van der Waals surface area contributed by atoms with Gasteiger partial charge in [0.1, 0.15) is 0 Å². The van der Waals surface area contributed by atoms with E-state index in [0.717, 1.165) is 29.8 Å². The summed E-state index contributed by atoms with van der Waals surface area (Å²) in [5, 5.41) is 13.3. The molecule has 1 fully saturated rings. The normalized spacial score (nSPS) is 21.0. The standard InChI is InChI=1S/C21H23N5OS/c1-26-11-16(8-23-26)17-9-22-10-18(17)20(27)25-21-24-19(12-28-21)15-6-5-13-3-2-4-14(13)7-15/h5-8,11-12,17-18,22H,2-4,9-10H2,1H3,(H,24,25,27)/t17-,18+/m1/s1. The van der Waals surface area contributed by atoms with Crippen LogP contribution < -0.4 is 10.6 Å². The number of amides is 1. The maximum absolute atomic E-state index is 12.9. The number of carbonyl (C=O) groups excluding carboxylic acids is 1. The third-order valence-electron chi connectivity index (χ3n) is 5.83. The smallest absolute Gasteiger partial charge is 0.231 e. The topological polar surface area (TPSA) is 71.8 Å². The van der Waals surface area contributed by atoms with Gasteiger partial charge in [-0.1, -0.05) is 12.1 Å². The molecular formula is C21H23N5OS. The molecule has 2 atom stereocenters. The number of anilines is 1. The summed E-state index contributed by atoms with van der Waals surface area (Å²) < 4.78 is 1.78. The monoisotopic (exact) mass is 393 g/mol. The maximum atomic E-state index is 12.9. The van der Waals surface area contributed by atoms with Crippen molar-refractivity contribution in [2.24, 2.45) is 13.0 Å². The van der Waals surface area contributed by atoms with Gasteiger partial charge in [-0.3, -0.25) is 9.48 Å². The molecule has 2 N–H and O–H groups in total. The number of aryl methyl sites for hydroxylation is 3. The molecule has 5 rings (SSSR count). The molecule has 1 saturated heterocycles. The highest BCUT2D eigenvalue weighted by atomic mass is 32.1. The minimum atomic E-state index is -0.114. The molecule has 0 unspecified atom stereocenters. The van der Waals surface area contributed by atoms with Gasteiger partial charge in [-0.25, -0.2) is 4.98 Å². The van der Waals surface area contributed by atoms with E-state index < -0.39 is 0 Å². The van der Waals surface area contributed by atoms with Crippen molar-refractivity contribution in [1.29, 1.82) is 0 Å². The maximum Gasteiger partial charge on any atom is 0.231 e. The number of nitrogens with zero attached hydrogens (tertiary/aromatic N) is 3. The van der Waals surface area contributed by atoms with E-state index >= 15 is 0 Å². The number of hydrogen-bond acceptors (Lipinski definition) is 5. The summed E-state index contributed by atoms with van der Waals surface area (Å²) in [5.41, 5.74) is 6.07. The number of fused-ring (bicyclic) bond motifs is 1. The minimum Gasteiger partial charge on any atom is -0.315 e. The Balaban J connectivity index is 1.31. The lowest BCUT2D eigenvalue weighted by molar-refractivity contribution is -0.119. The van der Waals surface area contributed by atoms with Crippen molar-refractivity contribution in [2.75, 3.05) is 18.4 Å². The first-order chi connectivity index (χ1) is 13.7. The first kappa shape index (κ1) is 17.6. The predicted octanol–water partition coefficient (Wildman–Crippen LogP) is 2.97. The van der Waals surface area contributed by atoms with Crippen LogP contribution in [0.15, 0.2) is 36.0 Å². The Morgan fingerprint density at radius 3 is 3.04 bits per heavy atom. The highest BCUT2D eigenvalue weighted by Crippen LogP contribution is 2.32. The van der Waals surface area contributed by atoms with Crippen molar-refractivity contribution in [3.63, 3.8) is 0 Å². The van der Waals surface area contributed by atoms with Crippen molar-refractivity contribution >= 4 is 22.4 Å². The van der Waals surface area contributed by atoms with Crippen LogP contribution in [-0.2, 0) is 24.7 Å². The Bertz CT molecular complexity index is 1020. The van der Waals surface area contributed by atoms with E-state index in [1.807, 2.05) is 24.8 Å². The molecule has 0 spiro atoms. The van der Waals surface area contributed by atoms with Crippen molar-refractivity contribution < 1.29 is 4.79 Å². The van der Waals surface area contributed by atoms with Crippen molar-refractivity contribution in [2.45, 2.75) is 25.2 Å². The summed E-state index contributed by atoms with van der Waals surface area (Å²) in [6.45, 7) is 1.47. The zero-order valence-electron chi connectivity index (χ0n) is 15.8. The van der Waals surface area contributed by atoms with E-state index in [9.17, 15) is 4.79 Å². The summed E-state index contributed by atoms with van der Waals surface area (Å²) in [7, 11) is 1.90. The number of aromatic nitrogens is 3. The van der Waals surface area contributed by atoms with Gasteiger partial charge in [0.2, 0.25) is 5.91 Å². The average Bonchev–Trinajstić information content (AvgIpc) is 3.47. The zero-order chi connectivity index (χ0) is 19.1. The van der Waals surface area contributed by atoms with E-state index in [2.05, 4.69) is 38.9 Å². The second-order valence-electron chi connectivity index (χ2n) is 7.68. The van der Waals surface area contributed by atoms with Crippen LogP contribution in [0.3, 0.4) is 0 Å². The molecule has 144 valence electrons. The Morgan fingerprint density at radius 1 is 1.29 bits per heavy atom. The van der Waals surface area contributed by atoms with Gasteiger partial charge >= 0.3 is 0 Å². The molecule has 1 aliphatic carbocycles. The molecule has 7 heteroatoms. The fourth-order valence-electron chi connectivity index (χ4n) is 4.33. The molecule has 2 aliphatic rings. The summed E-state index contributed by atoms with van der Waals surface area (Å²) >= 11 is 1.49. The Labute approximate surface area is 168 Å². The van der Waals surface area contributed by atoms with Gasteiger partial charge in [0.25, 0.3) is 0 Å². The molecule has 1 amide bonds. The second kappa shape index (κ2) is 7.14. The molecule has 0 radical (unpaired) electrons. The van der Waals surface area contributed by atoms with Gasteiger partial charge in [0.05, 0.1) is 17.8 Å². The van der Waals surface area contributed by atoms with Gasteiger partial charge < -0.3 is 10.6 Å². The summed E-state index contributed by atoms with van der Waals surface area (Å²) in [5.74, 6) is 0.0510. The van der Waals surface area contributed by atoms with Gasteiger partial charge in [0.15, 0.2) is 5.13 Å². The summed E-state index contributed by atoms with van der Waals surface area (Å²) in [4.78, 5) is 17.6. The number of thiazole rings is 1. The van der Waals surface area contributed by atoms with E-state index in [1.54, 1.807) is 4.68 Å². The third kappa shape index (κ3) is 3.25. The number of hydrogen-bond donors (Lipinski definition) is 2. The molecule has 6 nitrogen and oxygen atoms in total.